The Morgan fingerprint density at radius 1 is 1.08 bits per heavy atom. The fourth-order valence-corrected chi connectivity index (χ4v) is 3.48. The number of halogens is 2. The van der Waals surface area contributed by atoms with Crippen LogP contribution in [0, 0.1) is 25.5 Å². The molecule has 0 heterocycles. The summed E-state index contributed by atoms with van der Waals surface area (Å²) in [5.41, 5.74) is 2.36. The van der Waals surface area contributed by atoms with Gasteiger partial charge >= 0.3 is 0 Å². The molecule has 134 valence electrons. The van der Waals surface area contributed by atoms with Gasteiger partial charge in [0.25, 0.3) is 0 Å². The zero-order chi connectivity index (χ0) is 18.8. The number of amides is 1. The molecule has 5 nitrogen and oxygen atoms in total. The summed E-state index contributed by atoms with van der Waals surface area (Å²) in [7, 11) is -3.40. The molecule has 1 amide bonds. The lowest BCUT2D eigenvalue weighted by molar-refractivity contribution is -0.116. The van der Waals surface area contributed by atoms with Crippen LogP contribution in [0.25, 0.3) is 0 Å². The fourth-order valence-electron chi connectivity index (χ4n) is 2.25. The van der Waals surface area contributed by atoms with Gasteiger partial charge in [-0.15, -0.1) is 0 Å². The molecule has 0 spiro atoms. The van der Waals surface area contributed by atoms with Crippen molar-refractivity contribution in [2.24, 2.45) is 0 Å². The number of nitrogens with one attached hydrogen (secondary N) is 1. The SMILES string of the molecule is Cc1cccc(NC(=O)CN(C)S(=O)(=O)c2c(F)cccc2F)c1C. The molecule has 0 aliphatic rings. The van der Waals surface area contributed by atoms with Crippen LogP contribution in [0.3, 0.4) is 0 Å². The topological polar surface area (TPSA) is 66.5 Å². The van der Waals surface area contributed by atoms with Crippen LogP contribution in [0.4, 0.5) is 14.5 Å². The maximum Gasteiger partial charge on any atom is 0.249 e. The number of carbonyl (C=O) groups is 1. The van der Waals surface area contributed by atoms with Gasteiger partial charge in [-0.25, -0.2) is 17.2 Å². The zero-order valence-corrected chi connectivity index (χ0v) is 14.8. The van der Waals surface area contributed by atoms with Crippen LogP contribution in [0.1, 0.15) is 11.1 Å². The van der Waals surface area contributed by atoms with E-state index in [0.29, 0.717) is 9.99 Å². The van der Waals surface area contributed by atoms with Crippen molar-refractivity contribution in [3.05, 3.63) is 59.2 Å². The Hall–Kier alpha value is -2.32. The number of benzene rings is 2. The minimum Gasteiger partial charge on any atom is -0.325 e. The van der Waals surface area contributed by atoms with E-state index >= 15 is 0 Å². The van der Waals surface area contributed by atoms with E-state index < -0.39 is 39.0 Å². The summed E-state index contributed by atoms with van der Waals surface area (Å²) in [5.74, 6) is -3.03. The van der Waals surface area contributed by atoms with E-state index in [4.69, 9.17) is 0 Å². The molecule has 2 rings (SSSR count). The average Bonchev–Trinajstić information content (AvgIpc) is 2.51. The number of nitrogens with zero attached hydrogens (tertiary/aromatic N) is 1. The highest BCUT2D eigenvalue weighted by molar-refractivity contribution is 7.89. The number of likely N-dealkylation sites (N-methyl/N-ethyl adjacent to an activating group) is 1. The Balaban J connectivity index is 2.19. The lowest BCUT2D eigenvalue weighted by Gasteiger charge is -2.18. The van der Waals surface area contributed by atoms with Gasteiger partial charge in [0, 0.05) is 12.7 Å². The molecular formula is C17H18F2N2O3S. The van der Waals surface area contributed by atoms with Crippen LogP contribution >= 0.6 is 0 Å². The number of anilines is 1. The third kappa shape index (κ3) is 4.02. The smallest absolute Gasteiger partial charge is 0.249 e. The number of sulfonamides is 1. The molecule has 0 radical (unpaired) electrons. The van der Waals surface area contributed by atoms with Gasteiger partial charge in [-0.2, -0.15) is 4.31 Å². The van der Waals surface area contributed by atoms with Crippen LogP contribution in [0.5, 0.6) is 0 Å². The Bertz CT molecular complexity index is 894. The molecule has 2 aromatic rings. The van der Waals surface area contributed by atoms with Gasteiger partial charge in [0.05, 0.1) is 6.54 Å². The first-order valence-electron chi connectivity index (χ1n) is 7.41. The number of carbonyl (C=O) groups excluding carboxylic acids is 1. The molecule has 0 aliphatic heterocycles. The predicted octanol–water partition coefficient (Wildman–Crippen LogP) is 2.84. The number of hydrogen-bond acceptors (Lipinski definition) is 3. The van der Waals surface area contributed by atoms with Crippen molar-refractivity contribution in [3.8, 4) is 0 Å². The monoisotopic (exact) mass is 368 g/mol. The first kappa shape index (κ1) is 19.0. The number of rotatable bonds is 5. The summed E-state index contributed by atoms with van der Waals surface area (Å²) in [6.07, 6.45) is 0. The molecule has 25 heavy (non-hydrogen) atoms. The molecule has 0 saturated heterocycles. The first-order valence-corrected chi connectivity index (χ1v) is 8.85. The highest BCUT2D eigenvalue weighted by atomic mass is 32.2. The molecule has 8 heteroatoms. The maximum absolute atomic E-state index is 13.7. The Labute approximate surface area is 145 Å². The Kier molecular flexibility index (Phi) is 5.54. The van der Waals surface area contributed by atoms with Crippen LogP contribution in [0.2, 0.25) is 0 Å². The highest BCUT2D eigenvalue weighted by Crippen LogP contribution is 2.22. The van der Waals surface area contributed by atoms with Crippen molar-refractivity contribution in [1.29, 1.82) is 0 Å². The van der Waals surface area contributed by atoms with Gasteiger partial charge < -0.3 is 5.32 Å². The van der Waals surface area contributed by atoms with Crippen LogP contribution in [0.15, 0.2) is 41.3 Å². The molecular weight excluding hydrogens is 350 g/mol. The zero-order valence-electron chi connectivity index (χ0n) is 14.0. The molecule has 0 fully saturated rings. The van der Waals surface area contributed by atoms with Crippen LogP contribution in [-0.4, -0.2) is 32.2 Å². The van der Waals surface area contributed by atoms with E-state index in [1.54, 1.807) is 12.1 Å². The summed E-state index contributed by atoms with van der Waals surface area (Å²) < 4.78 is 52.8. The Morgan fingerprint density at radius 3 is 2.24 bits per heavy atom. The maximum atomic E-state index is 13.7. The van der Waals surface area contributed by atoms with E-state index in [1.165, 1.54) is 0 Å². The van der Waals surface area contributed by atoms with Crippen molar-refractivity contribution < 1.29 is 22.0 Å². The van der Waals surface area contributed by atoms with E-state index in [2.05, 4.69) is 5.32 Å². The van der Waals surface area contributed by atoms with Gasteiger partial charge in [0.2, 0.25) is 15.9 Å². The van der Waals surface area contributed by atoms with Crippen molar-refractivity contribution in [2.45, 2.75) is 18.7 Å². The largest absolute Gasteiger partial charge is 0.325 e. The average molecular weight is 368 g/mol. The molecule has 1 N–H and O–H groups in total. The Morgan fingerprint density at radius 2 is 1.64 bits per heavy atom. The molecule has 0 saturated carbocycles. The van der Waals surface area contributed by atoms with E-state index in [9.17, 15) is 22.0 Å². The number of hydrogen-bond donors (Lipinski definition) is 1. The normalized spacial score (nSPS) is 11.6. The van der Waals surface area contributed by atoms with Crippen molar-refractivity contribution in [2.75, 3.05) is 18.9 Å². The first-order chi connectivity index (χ1) is 11.6. The van der Waals surface area contributed by atoms with Crippen molar-refractivity contribution in [1.82, 2.24) is 4.31 Å². The molecule has 0 aromatic heterocycles. The third-order valence-corrected chi connectivity index (χ3v) is 5.69. The molecule has 0 atom stereocenters. The molecule has 0 unspecified atom stereocenters. The molecule has 2 aromatic carbocycles. The van der Waals surface area contributed by atoms with Crippen LogP contribution in [-0.2, 0) is 14.8 Å². The summed E-state index contributed by atoms with van der Waals surface area (Å²) in [5, 5.41) is 2.60. The quantitative estimate of drug-likeness (QED) is 0.883. The van der Waals surface area contributed by atoms with Crippen molar-refractivity contribution >= 4 is 21.6 Å². The minimum atomic E-state index is -4.48. The van der Waals surface area contributed by atoms with Crippen LogP contribution < -0.4 is 5.32 Å². The van der Waals surface area contributed by atoms with E-state index in [0.717, 1.165) is 36.4 Å². The van der Waals surface area contributed by atoms with Gasteiger partial charge in [-0.05, 0) is 43.2 Å². The van der Waals surface area contributed by atoms with Gasteiger partial charge in [-0.3, -0.25) is 4.79 Å². The van der Waals surface area contributed by atoms with E-state index in [1.807, 2.05) is 19.9 Å². The standard InChI is InChI=1S/C17H18F2N2O3S/c1-11-6-4-9-15(12(11)2)20-16(22)10-21(3)25(23,24)17-13(18)7-5-8-14(17)19/h4-9H,10H2,1-3H3,(H,20,22). The lowest BCUT2D eigenvalue weighted by atomic mass is 10.1. The summed E-state index contributed by atoms with van der Waals surface area (Å²) in [4.78, 5) is 11.1. The fraction of sp³-hybridized carbons (Fsp3) is 0.235. The minimum absolute atomic E-state index is 0.549. The molecule has 0 bridgehead atoms. The second-order valence-corrected chi connectivity index (χ2v) is 7.59. The molecule has 0 aliphatic carbocycles. The van der Waals surface area contributed by atoms with Crippen molar-refractivity contribution in [3.63, 3.8) is 0 Å². The predicted molar refractivity (Wildman–Crippen MR) is 90.7 cm³/mol. The summed E-state index contributed by atoms with van der Waals surface area (Å²) >= 11 is 0. The van der Waals surface area contributed by atoms with Gasteiger partial charge in [0.15, 0.2) is 4.90 Å². The summed E-state index contributed by atoms with van der Waals surface area (Å²) in [6, 6.07) is 8.08. The number of aryl methyl sites for hydroxylation is 1. The second kappa shape index (κ2) is 7.28. The summed E-state index contributed by atoms with van der Waals surface area (Å²) in [6.45, 7) is 3.12. The second-order valence-electron chi connectivity index (χ2n) is 5.61. The van der Waals surface area contributed by atoms with Gasteiger partial charge in [-0.1, -0.05) is 18.2 Å². The lowest BCUT2D eigenvalue weighted by Crippen LogP contribution is -2.35. The van der Waals surface area contributed by atoms with E-state index in [-0.39, 0.29) is 0 Å². The van der Waals surface area contributed by atoms with Gasteiger partial charge in [0.1, 0.15) is 11.6 Å². The third-order valence-electron chi connectivity index (χ3n) is 3.83. The highest BCUT2D eigenvalue weighted by Gasteiger charge is 2.29.